The summed E-state index contributed by atoms with van der Waals surface area (Å²) in [6.07, 6.45) is 3.41. The Labute approximate surface area is 105 Å². The first kappa shape index (κ1) is 12.0. The predicted molar refractivity (Wildman–Crippen MR) is 68.8 cm³/mol. The Morgan fingerprint density at radius 1 is 1.33 bits per heavy atom. The van der Waals surface area contributed by atoms with Gasteiger partial charge in [-0.15, -0.1) is 0 Å². The van der Waals surface area contributed by atoms with Crippen LogP contribution >= 0.6 is 0 Å². The van der Waals surface area contributed by atoms with Crippen molar-refractivity contribution in [3.8, 4) is 0 Å². The molecule has 2 aromatic heterocycles. The van der Waals surface area contributed by atoms with Crippen LogP contribution in [0.2, 0.25) is 0 Å². The third kappa shape index (κ3) is 2.82. The number of hydrogen-bond acceptors (Lipinski definition) is 4. The molecule has 0 saturated carbocycles. The van der Waals surface area contributed by atoms with Crippen molar-refractivity contribution < 1.29 is 4.79 Å². The molecule has 2 rings (SSSR count). The molecule has 5 nitrogen and oxygen atoms in total. The smallest absolute Gasteiger partial charge is 0.270 e. The van der Waals surface area contributed by atoms with E-state index in [-0.39, 0.29) is 11.9 Å². The minimum Gasteiger partial charge on any atom is -0.384 e. The lowest BCUT2D eigenvalue weighted by molar-refractivity contribution is 0.0935. The molecule has 0 aromatic carbocycles. The molecule has 92 valence electrons. The third-order valence-electron chi connectivity index (χ3n) is 2.54. The van der Waals surface area contributed by atoms with E-state index < -0.39 is 0 Å². The van der Waals surface area contributed by atoms with E-state index in [0.29, 0.717) is 11.5 Å². The molecule has 0 fully saturated rings. The summed E-state index contributed by atoms with van der Waals surface area (Å²) < 4.78 is 0. The van der Waals surface area contributed by atoms with E-state index in [9.17, 15) is 4.79 Å². The Bertz CT molecular complexity index is 542. The largest absolute Gasteiger partial charge is 0.384 e. The number of nitrogens with two attached hydrogens (primary N) is 1. The van der Waals surface area contributed by atoms with E-state index in [1.54, 1.807) is 30.6 Å². The van der Waals surface area contributed by atoms with Crippen molar-refractivity contribution in [1.29, 1.82) is 0 Å². The SMILES string of the molecule is CC(NC(=O)c1cccc(N)n1)c1cccnc1. The van der Waals surface area contributed by atoms with Crippen molar-refractivity contribution in [2.45, 2.75) is 13.0 Å². The van der Waals surface area contributed by atoms with E-state index in [4.69, 9.17) is 5.73 Å². The molecule has 0 aliphatic rings. The highest BCUT2D eigenvalue weighted by atomic mass is 16.1. The van der Waals surface area contributed by atoms with Crippen LogP contribution in [0.1, 0.15) is 29.0 Å². The van der Waals surface area contributed by atoms with Crippen LogP contribution in [0.15, 0.2) is 42.7 Å². The Hall–Kier alpha value is -2.43. The second-order valence-corrected chi connectivity index (χ2v) is 3.93. The second kappa shape index (κ2) is 5.27. The first-order chi connectivity index (χ1) is 8.66. The Balaban J connectivity index is 2.08. The topological polar surface area (TPSA) is 80.9 Å². The van der Waals surface area contributed by atoms with E-state index in [2.05, 4.69) is 15.3 Å². The lowest BCUT2D eigenvalue weighted by Crippen LogP contribution is -2.27. The second-order valence-electron chi connectivity index (χ2n) is 3.93. The van der Waals surface area contributed by atoms with Crippen molar-refractivity contribution in [3.05, 3.63) is 54.0 Å². The molecule has 0 bridgehead atoms. The van der Waals surface area contributed by atoms with E-state index in [1.165, 1.54) is 0 Å². The molecule has 0 aliphatic heterocycles. The molecule has 1 unspecified atom stereocenters. The third-order valence-corrected chi connectivity index (χ3v) is 2.54. The summed E-state index contributed by atoms with van der Waals surface area (Å²) in [7, 11) is 0. The number of nitrogen functional groups attached to an aromatic ring is 1. The maximum atomic E-state index is 11.9. The summed E-state index contributed by atoms with van der Waals surface area (Å²) in [5, 5.41) is 2.84. The van der Waals surface area contributed by atoms with Gasteiger partial charge in [-0.05, 0) is 30.7 Å². The van der Waals surface area contributed by atoms with Gasteiger partial charge < -0.3 is 11.1 Å². The number of carbonyl (C=O) groups excluding carboxylic acids is 1. The van der Waals surface area contributed by atoms with Crippen LogP contribution < -0.4 is 11.1 Å². The Morgan fingerprint density at radius 2 is 2.17 bits per heavy atom. The summed E-state index contributed by atoms with van der Waals surface area (Å²) >= 11 is 0. The van der Waals surface area contributed by atoms with Crippen molar-refractivity contribution in [2.24, 2.45) is 0 Å². The number of pyridine rings is 2. The minimum absolute atomic E-state index is 0.130. The van der Waals surface area contributed by atoms with Crippen LogP contribution in [0, 0.1) is 0 Å². The number of anilines is 1. The predicted octanol–water partition coefficient (Wildman–Crippen LogP) is 1.55. The molecular formula is C13H14N4O. The molecule has 18 heavy (non-hydrogen) atoms. The van der Waals surface area contributed by atoms with Crippen molar-refractivity contribution in [1.82, 2.24) is 15.3 Å². The summed E-state index contributed by atoms with van der Waals surface area (Å²) in [5.41, 5.74) is 6.79. The molecule has 1 atom stereocenters. The number of carbonyl (C=O) groups is 1. The van der Waals surface area contributed by atoms with Crippen LogP contribution in [-0.2, 0) is 0 Å². The zero-order chi connectivity index (χ0) is 13.0. The normalized spacial score (nSPS) is 11.8. The van der Waals surface area contributed by atoms with Crippen LogP contribution in [0.5, 0.6) is 0 Å². The van der Waals surface area contributed by atoms with Gasteiger partial charge in [0.25, 0.3) is 5.91 Å². The maximum absolute atomic E-state index is 11.9. The Morgan fingerprint density at radius 3 is 2.83 bits per heavy atom. The molecule has 2 heterocycles. The van der Waals surface area contributed by atoms with Gasteiger partial charge in [0.2, 0.25) is 0 Å². The lowest BCUT2D eigenvalue weighted by Gasteiger charge is -2.13. The molecule has 0 radical (unpaired) electrons. The molecule has 5 heteroatoms. The van der Waals surface area contributed by atoms with E-state index in [1.807, 2.05) is 19.1 Å². The zero-order valence-electron chi connectivity index (χ0n) is 10.00. The van der Waals surface area contributed by atoms with Crippen molar-refractivity contribution >= 4 is 11.7 Å². The molecular weight excluding hydrogens is 228 g/mol. The number of aromatic nitrogens is 2. The summed E-state index contributed by atoms with van der Waals surface area (Å²) in [6, 6.07) is 8.57. The average Bonchev–Trinajstić information content (AvgIpc) is 2.39. The first-order valence-electron chi connectivity index (χ1n) is 5.60. The number of amides is 1. The highest BCUT2D eigenvalue weighted by Crippen LogP contribution is 2.11. The van der Waals surface area contributed by atoms with Crippen LogP contribution in [0.4, 0.5) is 5.82 Å². The molecule has 0 spiro atoms. The van der Waals surface area contributed by atoms with Crippen LogP contribution in [0.25, 0.3) is 0 Å². The number of hydrogen-bond donors (Lipinski definition) is 2. The van der Waals surface area contributed by atoms with Crippen LogP contribution in [-0.4, -0.2) is 15.9 Å². The van der Waals surface area contributed by atoms with Gasteiger partial charge in [-0.2, -0.15) is 0 Å². The molecule has 0 aliphatic carbocycles. The summed E-state index contributed by atoms with van der Waals surface area (Å²) in [4.78, 5) is 19.9. The summed E-state index contributed by atoms with van der Waals surface area (Å²) in [6.45, 7) is 1.89. The molecule has 0 saturated heterocycles. The lowest BCUT2D eigenvalue weighted by atomic mass is 10.1. The fourth-order valence-electron chi connectivity index (χ4n) is 1.56. The first-order valence-corrected chi connectivity index (χ1v) is 5.60. The highest BCUT2D eigenvalue weighted by Gasteiger charge is 2.12. The van der Waals surface area contributed by atoms with Crippen molar-refractivity contribution in [2.75, 3.05) is 5.73 Å². The number of nitrogens with zero attached hydrogens (tertiary/aromatic N) is 2. The molecule has 2 aromatic rings. The van der Waals surface area contributed by atoms with E-state index >= 15 is 0 Å². The zero-order valence-corrected chi connectivity index (χ0v) is 10.00. The maximum Gasteiger partial charge on any atom is 0.270 e. The number of nitrogens with one attached hydrogen (secondary N) is 1. The van der Waals surface area contributed by atoms with Crippen LogP contribution in [0.3, 0.4) is 0 Å². The fourth-order valence-corrected chi connectivity index (χ4v) is 1.56. The van der Waals surface area contributed by atoms with E-state index in [0.717, 1.165) is 5.56 Å². The average molecular weight is 242 g/mol. The van der Waals surface area contributed by atoms with Crippen molar-refractivity contribution in [3.63, 3.8) is 0 Å². The van der Waals surface area contributed by atoms with Gasteiger partial charge in [0.05, 0.1) is 6.04 Å². The van der Waals surface area contributed by atoms with Gasteiger partial charge >= 0.3 is 0 Å². The molecule has 1 amide bonds. The Kier molecular flexibility index (Phi) is 3.52. The molecule has 3 N–H and O–H groups in total. The monoisotopic (exact) mass is 242 g/mol. The summed E-state index contributed by atoms with van der Waals surface area (Å²) in [5.74, 6) is 0.0790. The number of rotatable bonds is 3. The van der Waals surface area contributed by atoms with Gasteiger partial charge in [0, 0.05) is 12.4 Å². The van der Waals surface area contributed by atoms with Gasteiger partial charge in [-0.25, -0.2) is 4.98 Å². The minimum atomic E-state index is -0.251. The van der Waals surface area contributed by atoms with Gasteiger partial charge in [-0.1, -0.05) is 12.1 Å². The van der Waals surface area contributed by atoms with Gasteiger partial charge in [0.1, 0.15) is 11.5 Å². The standard InChI is InChI=1S/C13H14N4O/c1-9(10-4-3-7-15-8-10)16-13(18)11-5-2-6-12(14)17-11/h2-9H,1H3,(H2,14,17)(H,16,18). The highest BCUT2D eigenvalue weighted by molar-refractivity contribution is 5.92. The quantitative estimate of drug-likeness (QED) is 0.855. The fraction of sp³-hybridized carbons (Fsp3) is 0.154. The van der Waals surface area contributed by atoms with Gasteiger partial charge in [0.15, 0.2) is 0 Å². The van der Waals surface area contributed by atoms with Gasteiger partial charge in [-0.3, -0.25) is 9.78 Å².